The number of nitrogens with one attached hydrogen (secondary N) is 1. The largest absolute Gasteiger partial charge is 0.314 e. The topological polar surface area (TPSA) is 54.4 Å². The van der Waals surface area contributed by atoms with Crippen LogP contribution in [0, 0.1) is 4.91 Å². The number of hydrogen-bond acceptors (Lipinski definition) is 4. The summed E-state index contributed by atoms with van der Waals surface area (Å²) in [6, 6.07) is 9.10. The van der Waals surface area contributed by atoms with Crippen LogP contribution in [0.1, 0.15) is 19.5 Å². The molecule has 4 nitrogen and oxygen atoms in total. The number of nitroso groups, excluding NO2 is 1. The first kappa shape index (κ1) is 13.3. The van der Waals surface area contributed by atoms with Gasteiger partial charge in [-0.25, -0.2) is 0 Å². The molecule has 0 aliphatic rings. The van der Waals surface area contributed by atoms with Gasteiger partial charge in [0.25, 0.3) is 0 Å². The molecule has 0 unspecified atom stereocenters. The van der Waals surface area contributed by atoms with Gasteiger partial charge in [0.15, 0.2) is 0 Å². The van der Waals surface area contributed by atoms with E-state index in [0.29, 0.717) is 5.69 Å². The zero-order valence-electron chi connectivity index (χ0n) is 10.4. The minimum atomic E-state index is 0.436. The molecule has 0 saturated carbocycles. The zero-order chi connectivity index (χ0) is 12.7. The van der Waals surface area contributed by atoms with Crippen molar-refractivity contribution in [3.8, 4) is 0 Å². The van der Waals surface area contributed by atoms with Crippen molar-refractivity contribution < 1.29 is 0 Å². The quantitative estimate of drug-likeness (QED) is 0.824. The molecule has 17 heavy (non-hydrogen) atoms. The van der Waals surface area contributed by atoms with E-state index in [1.54, 1.807) is 12.1 Å². The van der Waals surface area contributed by atoms with Gasteiger partial charge in [-0.05, 0) is 36.5 Å². The van der Waals surface area contributed by atoms with Crippen molar-refractivity contribution in [3.63, 3.8) is 0 Å². The van der Waals surface area contributed by atoms with Gasteiger partial charge in [-0.1, -0.05) is 19.9 Å². The van der Waals surface area contributed by atoms with E-state index in [1.807, 2.05) is 39.1 Å². The maximum Gasteiger partial charge on any atom is 0.108 e. The number of fused-ring (bicyclic) bond motifs is 1. The lowest BCUT2D eigenvalue weighted by molar-refractivity contribution is 0.795. The van der Waals surface area contributed by atoms with Crippen LogP contribution in [0.4, 0.5) is 5.69 Å². The molecule has 1 N–H and O–H groups in total. The van der Waals surface area contributed by atoms with E-state index in [2.05, 4.69) is 15.5 Å². The summed E-state index contributed by atoms with van der Waals surface area (Å²) in [5, 5.41) is 6.87. The van der Waals surface area contributed by atoms with Gasteiger partial charge in [0.1, 0.15) is 5.69 Å². The van der Waals surface area contributed by atoms with E-state index >= 15 is 0 Å². The fourth-order valence-corrected chi connectivity index (χ4v) is 1.49. The molecular weight excluding hydrogens is 214 g/mol. The number of pyridine rings is 1. The number of hydrogen-bond donors (Lipinski definition) is 1. The highest BCUT2D eigenvalue weighted by Gasteiger charge is 1.99. The Labute approximate surface area is 101 Å². The molecule has 1 heterocycles. The lowest BCUT2D eigenvalue weighted by atomic mass is 10.2. The summed E-state index contributed by atoms with van der Waals surface area (Å²) in [5.41, 5.74) is 2.30. The van der Waals surface area contributed by atoms with E-state index in [4.69, 9.17) is 0 Å². The third kappa shape index (κ3) is 3.32. The Kier molecular flexibility index (Phi) is 5.23. The molecule has 2 aromatic rings. The monoisotopic (exact) mass is 231 g/mol. The van der Waals surface area contributed by atoms with Gasteiger partial charge in [-0.15, -0.1) is 4.91 Å². The molecule has 0 aliphatic carbocycles. The van der Waals surface area contributed by atoms with Crippen molar-refractivity contribution in [1.29, 1.82) is 0 Å². The second-order valence-corrected chi connectivity index (χ2v) is 3.30. The Morgan fingerprint density at radius 2 is 2.00 bits per heavy atom. The predicted molar refractivity (Wildman–Crippen MR) is 71.3 cm³/mol. The molecule has 2 rings (SSSR count). The first-order valence-corrected chi connectivity index (χ1v) is 5.71. The summed E-state index contributed by atoms with van der Waals surface area (Å²) in [4.78, 5) is 14.8. The van der Waals surface area contributed by atoms with Crippen LogP contribution in [0.25, 0.3) is 10.9 Å². The Hall–Kier alpha value is -1.81. The highest BCUT2D eigenvalue weighted by molar-refractivity contribution is 5.81. The van der Waals surface area contributed by atoms with Crippen LogP contribution in [0.3, 0.4) is 0 Å². The van der Waals surface area contributed by atoms with Crippen LogP contribution in [0.15, 0.2) is 35.5 Å². The van der Waals surface area contributed by atoms with Gasteiger partial charge in [0.05, 0.1) is 11.2 Å². The maximum absolute atomic E-state index is 10.3. The van der Waals surface area contributed by atoms with Crippen molar-refractivity contribution in [3.05, 3.63) is 40.9 Å². The molecule has 1 aromatic heterocycles. The van der Waals surface area contributed by atoms with Crippen LogP contribution in [-0.2, 0) is 6.54 Å². The van der Waals surface area contributed by atoms with Crippen molar-refractivity contribution in [2.75, 3.05) is 7.05 Å². The molecule has 0 bridgehead atoms. The van der Waals surface area contributed by atoms with Crippen LogP contribution >= 0.6 is 0 Å². The minimum Gasteiger partial charge on any atom is -0.314 e. The summed E-state index contributed by atoms with van der Waals surface area (Å²) in [6.45, 7) is 4.74. The van der Waals surface area contributed by atoms with Gasteiger partial charge >= 0.3 is 0 Å². The molecule has 4 heteroatoms. The van der Waals surface area contributed by atoms with Gasteiger partial charge in [0.2, 0.25) is 0 Å². The number of benzene rings is 1. The number of rotatable bonds is 3. The van der Waals surface area contributed by atoms with Gasteiger partial charge < -0.3 is 5.32 Å². The SMILES string of the molecule is CC.CNCc1ccc2cc(N=O)ccc2n1. The fourth-order valence-electron chi connectivity index (χ4n) is 1.49. The van der Waals surface area contributed by atoms with Gasteiger partial charge in [0, 0.05) is 11.9 Å². The molecule has 0 fully saturated rings. The lowest BCUT2D eigenvalue weighted by Crippen LogP contribution is -2.06. The summed E-state index contributed by atoms with van der Waals surface area (Å²) in [5.74, 6) is 0. The molecule has 90 valence electrons. The van der Waals surface area contributed by atoms with E-state index in [-0.39, 0.29) is 0 Å². The third-order valence-corrected chi connectivity index (χ3v) is 2.19. The van der Waals surface area contributed by atoms with Crippen LogP contribution in [0.5, 0.6) is 0 Å². The van der Waals surface area contributed by atoms with E-state index in [9.17, 15) is 4.91 Å². The van der Waals surface area contributed by atoms with E-state index in [1.165, 1.54) is 0 Å². The third-order valence-electron chi connectivity index (χ3n) is 2.19. The molecule has 0 radical (unpaired) electrons. The van der Waals surface area contributed by atoms with Crippen molar-refractivity contribution in [1.82, 2.24) is 10.3 Å². The summed E-state index contributed by atoms with van der Waals surface area (Å²) in [7, 11) is 1.88. The average Bonchev–Trinajstić information content (AvgIpc) is 2.41. The number of nitrogens with zero attached hydrogens (tertiary/aromatic N) is 2. The predicted octanol–water partition coefficient (Wildman–Crippen LogP) is 3.38. The standard InChI is InChI=1S/C11H11N3O.C2H6/c1-12-7-10-3-2-8-6-9(14-15)4-5-11(8)13-10;1-2/h2-6,12H,7H2,1H3;1-2H3. The Balaban J connectivity index is 0.000000686. The molecule has 0 atom stereocenters. The van der Waals surface area contributed by atoms with E-state index < -0.39 is 0 Å². The fraction of sp³-hybridized carbons (Fsp3) is 0.308. The zero-order valence-corrected chi connectivity index (χ0v) is 10.4. The van der Waals surface area contributed by atoms with Crippen molar-refractivity contribution >= 4 is 16.6 Å². The molecular formula is C13H17N3O. The van der Waals surface area contributed by atoms with Crippen molar-refractivity contribution in [2.45, 2.75) is 20.4 Å². The van der Waals surface area contributed by atoms with E-state index in [0.717, 1.165) is 23.1 Å². The summed E-state index contributed by atoms with van der Waals surface area (Å²) in [6.07, 6.45) is 0. The summed E-state index contributed by atoms with van der Waals surface area (Å²) >= 11 is 0. The highest BCUT2D eigenvalue weighted by Crippen LogP contribution is 2.19. The Morgan fingerprint density at radius 1 is 1.24 bits per heavy atom. The van der Waals surface area contributed by atoms with Crippen LogP contribution in [-0.4, -0.2) is 12.0 Å². The Bertz CT molecular complexity index is 497. The molecule has 1 aromatic carbocycles. The minimum absolute atomic E-state index is 0.436. The van der Waals surface area contributed by atoms with Gasteiger partial charge in [-0.2, -0.15) is 0 Å². The highest BCUT2D eigenvalue weighted by atomic mass is 16.3. The Morgan fingerprint density at radius 3 is 2.65 bits per heavy atom. The molecule has 0 saturated heterocycles. The average molecular weight is 231 g/mol. The first-order valence-electron chi connectivity index (χ1n) is 5.71. The maximum atomic E-state index is 10.3. The van der Waals surface area contributed by atoms with Crippen LogP contribution in [0.2, 0.25) is 0 Å². The van der Waals surface area contributed by atoms with Crippen molar-refractivity contribution in [2.24, 2.45) is 5.18 Å². The normalized spacial score (nSPS) is 9.59. The molecule has 0 spiro atoms. The summed E-state index contributed by atoms with van der Waals surface area (Å²) < 4.78 is 0. The first-order chi connectivity index (χ1) is 8.33. The second-order valence-electron chi connectivity index (χ2n) is 3.30. The van der Waals surface area contributed by atoms with Crippen LogP contribution < -0.4 is 5.32 Å². The number of aromatic nitrogens is 1. The smallest absolute Gasteiger partial charge is 0.108 e. The lowest BCUT2D eigenvalue weighted by Gasteiger charge is -2.02. The molecule has 0 amide bonds. The second kappa shape index (κ2) is 6.70. The molecule has 0 aliphatic heterocycles. The van der Waals surface area contributed by atoms with Gasteiger partial charge in [-0.3, -0.25) is 4.98 Å².